The van der Waals surface area contributed by atoms with Crippen molar-refractivity contribution in [2.45, 2.75) is 43.9 Å². The van der Waals surface area contributed by atoms with Crippen LogP contribution < -0.4 is 10.6 Å². The van der Waals surface area contributed by atoms with Gasteiger partial charge in [0.25, 0.3) is 5.91 Å². The Hall–Kier alpha value is -3.75. The molecule has 1 aromatic carbocycles. The van der Waals surface area contributed by atoms with Crippen LogP contribution in [0.2, 0.25) is 0 Å². The minimum atomic E-state index is -4.54. The first kappa shape index (κ1) is 22.1. The van der Waals surface area contributed by atoms with Gasteiger partial charge in [-0.15, -0.1) is 0 Å². The summed E-state index contributed by atoms with van der Waals surface area (Å²) < 4.78 is 40.2. The lowest BCUT2D eigenvalue weighted by atomic mass is 9.90. The lowest BCUT2D eigenvalue weighted by Gasteiger charge is -2.31. The number of benzene rings is 1. The molecule has 2 atom stereocenters. The maximum atomic E-state index is 13.4. The Labute approximate surface area is 193 Å². The number of anilines is 1. The highest BCUT2D eigenvalue weighted by molar-refractivity contribution is 5.95. The van der Waals surface area contributed by atoms with Crippen LogP contribution in [0.4, 0.5) is 18.9 Å². The summed E-state index contributed by atoms with van der Waals surface area (Å²) in [5.41, 5.74) is 0.782. The summed E-state index contributed by atoms with van der Waals surface area (Å²) in [5.74, 6) is -0.266. The minimum absolute atomic E-state index is 0.0819. The quantitative estimate of drug-likeness (QED) is 0.425. The van der Waals surface area contributed by atoms with Crippen LogP contribution in [-0.4, -0.2) is 32.9 Å². The molecule has 5 rings (SSSR count). The monoisotopic (exact) mass is 465 g/mol. The second-order valence-electron chi connectivity index (χ2n) is 8.51. The van der Waals surface area contributed by atoms with E-state index in [-0.39, 0.29) is 23.5 Å². The fourth-order valence-electron chi connectivity index (χ4n) is 4.46. The Morgan fingerprint density at radius 1 is 0.971 bits per heavy atom. The molecule has 6 nitrogen and oxygen atoms in total. The molecule has 4 aromatic rings. The van der Waals surface area contributed by atoms with Gasteiger partial charge in [-0.1, -0.05) is 18.2 Å². The van der Waals surface area contributed by atoms with Crippen LogP contribution in [0.3, 0.4) is 0 Å². The van der Waals surface area contributed by atoms with E-state index in [9.17, 15) is 18.0 Å². The molecule has 1 aliphatic carbocycles. The van der Waals surface area contributed by atoms with Crippen molar-refractivity contribution in [3.63, 3.8) is 0 Å². The number of hydrogen-bond acceptors (Lipinski definition) is 5. The number of nitrogens with one attached hydrogen (secondary N) is 2. The first-order valence-electron chi connectivity index (χ1n) is 11.1. The Morgan fingerprint density at radius 2 is 1.79 bits per heavy atom. The van der Waals surface area contributed by atoms with Crippen molar-refractivity contribution in [1.82, 2.24) is 20.3 Å². The van der Waals surface area contributed by atoms with Crippen molar-refractivity contribution in [1.29, 1.82) is 0 Å². The van der Waals surface area contributed by atoms with E-state index in [4.69, 9.17) is 0 Å². The van der Waals surface area contributed by atoms with Crippen molar-refractivity contribution in [2.24, 2.45) is 0 Å². The molecule has 174 valence electrons. The first-order chi connectivity index (χ1) is 16.4. The zero-order valence-corrected chi connectivity index (χ0v) is 18.1. The number of alkyl halides is 3. The van der Waals surface area contributed by atoms with E-state index in [1.165, 1.54) is 0 Å². The van der Waals surface area contributed by atoms with Gasteiger partial charge >= 0.3 is 6.18 Å². The fourth-order valence-corrected chi connectivity index (χ4v) is 4.46. The standard InChI is InChI=1S/C25H22F3N5O/c26-25(27,28)23-13-22(18-6-1-2-7-20(18)33-23)30-16-4-3-5-17(12-16)31-24(34)21-9-8-15-14-29-11-10-19(15)32-21/h1-2,6-11,13-14,16-17H,3-5,12H2,(H,30,33)(H,31,34)/t16-,17+/m0/s1. The number of rotatable bonds is 4. The summed E-state index contributed by atoms with van der Waals surface area (Å²) in [5, 5.41) is 7.82. The van der Waals surface area contributed by atoms with Crippen LogP contribution in [0.5, 0.6) is 0 Å². The Bertz CT molecular complexity index is 1360. The second-order valence-corrected chi connectivity index (χ2v) is 8.51. The van der Waals surface area contributed by atoms with E-state index in [0.717, 1.165) is 30.7 Å². The van der Waals surface area contributed by atoms with Gasteiger partial charge in [0.1, 0.15) is 11.4 Å². The maximum Gasteiger partial charge on any atom is 0.433 e. The number of pyridine rings is 3. The highest BCUT2D eigenvalue weighted by atomic mass is 19.4. The van der Waals surface area contributed by atoms with Gasteiger partial charge in [-0.05, 0) is 56.0 Å². The molecular weight excluding hydrogens is 443 g/mol. The zero-order chi connectivity index (χ0) is 23.7. The smallest absolute Gasteiger partial charge is 0.382 e. The first-order valence-corrected chi connectivity index (χ1v) is 11.1. The molecule has 3 aromatic heterocycles. The lowest BCUT2D eigenvalue weighted by Crippen LogP contribution is -2.42. The largest absolute Gasteiger partial charge is 0.433 e. The predicted octanol–water partition coefficient (Wildman–Crippen LogP) is 5.35. The third-order valence-corrected chi connectivity index (χ3v) is 6.10. The maximum absolute atomic E-state index is 13.4. The summed E-state index contributed by atoms with van der Waals surface area (Å²) in [6.07, 6.45) is 1.82. The predicted molar refractivity (Wildman–Crippen MR) is 123 cm³/mol. The number of carbonyl (C=O) groups excluding carboxylic acids is 1. The normalized spacial score (nSPS) is 18.7. The number of nitrogens with zero attached hydrogens (tertiary/aromatic N) is 3. The SMILES string of the molecule is O=C(N[C@@H]1CCC[C@H](Nc2cc(C(F)(F)F)nc3ccccc23)C1)c1ccc2cnccc2n1. The molecule has 0 spiro atoms. The Morgan fingerprint density at radius 3 is 2.65 bits per heavy atom. The van der Waals surface area contributed by atoms with E-state index in [1.807, 2.05) is 6.07 Å². The van der Waals surface area contributed by atoms with Gasteiger partial charge in [0.05, 0.1) is 11.0 Å². The lowest BCUT2D eigenvalue weighted by molar-refractivity contribution is -0.140. The molecular formula is C25H22F3N5O. The van der Waals surface area contributed by atoms with Gasteiger partial charge in [-0.2, -0.15) is 13.2 Å². The van der Waals surface area contributed by atoms with Crippen LogP contribution in [0.1, 0.15) is 41.9 Å². The topological polar surface area (TPSA) is 79.8 Å². The molecule has 0 saturated heterocycles. The molecule has 34 heavy (non-hydrogen) atoms. The number of hydrogen-bond donors (Lipinski definition) is 2. The third kappa shape index (κ3) is 4.64. The fraction of sp³-hybridized carbons (Fsp3) is 0.280. The van der Waals surface area contributed by atoms with E-state index in [2.05, 4.69) is 25.6 Å². The van der Waals surface area contributed by atoms with Crippen molar-refractivity contribution >= 4 is 33.4 Å². The molecule has 0 unspecified atom stereocenters. The second kappa shape index (κ2) is 8.89. The Kier molecular flexibility index (Phi) is 5.77. The average Bonchev–Trinajstić information content (AvgIpc) is 2.83. The average molecular weight is 465 g/mol. The van der Waals surface area contributed by atoms with E-state index in [1.54, 1.807) is 48.8 Å². The van der Waals surface area contributed by atoms with Crippen LogP contribution in [0, 0.1) is 0 Å². The summed E-state index contributed by atoms with van der Waals surface area (Å²) in [6, 6.07) is 12.9. The number of para-hydroxylation sites is 1. The van der Waals surface area contributed by atoms with Crippen LogP contribution in [0.15, 0.2) is 60.9 Å². The molecule has 0 aliphatic heterocycles. The van der Waals surface area contributed by atoms with Crippen LogP contribution in [-0.2, 0) is 6.18 Å². The van der Waals surface area contributed by atoms with Crippen LogP contribution in [0.25, 0.3) is 21.8 Å². The Balaban J connectivity index is 1.32. The van der Waals surface area contributed by atoms with Crippen molar-refractivity contribution < 1.29 is 18.0 Å². The summed E-state index contributed by atoms with van der Waals surface area (Å²) in [6.45, 7) is 0. The number of halogens is 3. The molecule has 2 N–H and O–H groups in total. The molecule has 1 saturated carbocycles. The van der Waals surface area contributed by atoms with Gasteiger partial charge in [0.2, 0.25) is 0 Å². The summed E-state index contributed by atoms with van der Waals surface area (Å²) in [4.78, 5) is 25.0. The highest BCUT2D eigenvalue weighted by Gasteiger charge is 2.34. The van der Waals surface area contributed by atoms with E-state index in [0.29, 0.717) is 28.7 Å². The molecule has 1 aliphatic rings. The van der Waals surface area contributed by atoms with Gasteiger partial charge in [0, 0.05) is 40.9 Å². The van der Waals surface area contributed by atoms with E-state index >= 15 is 0 Å². The van der Waals surface area contributed by atoms with Crippen LogP contribution >= 0.6 is 0 Å². The number of fused-ring (bicyclic) bond motifs is 2. The minimum Gasteiger partial charge on any atom is -0.382 e. The molecule has 1 fully saturated rings. The highest BCUT2D eigenvalue weighted by Crippen LogP contribution is 2.34. The van der Waals surface area contributed by atoms with Gasteiger partial charge in [-0.25, -0.2) is 9.97 Å². The van der Waals surface area contributed by atoms with Gasteiger partial charge in [0.15, 0.2) is 0 Å². The molecule has 0 bridgehead atoms. The number of amides is 1. The van der Waals surface area contributed by atoms with E-state index < -0.39 is 11.9 Å². The summed E-state index contributed by atoms with van der Waals surface area (Å²) in [7, 11) is 0. The molecule has 1 amide bonds. The number of aromatic nitrogens is 3. The molecule has 0 radical (unpaired) electrons. The number of carbonyl (C=O) groups is 1. The molecule has 3 heterocycles. The van der Waals surface area contributed by atoms with Gasteiger partial charge in [-0.3, -0.25) is 9.78 Å². The molecule has 9 heteroatoms. The van der Waals surface area contributed by atoms with Crippen molar-refractivity contribution in [3.8, 4) is 0 Å². The third-order valence-electron chi connectivity index (χ3n) is 6.10. The van der Waals surface area contributed by atoms with Crippen molar-refractivity contribution in [3.05, 3.63) is 72.3 Å². The van der Waals surface area contributed by atoms with Gasteiger partial charge < -0.3 is 10.6 Å². The van der Waals surface area contributed by atoms with Crippen molar-refractivity contribution in [2.75, 3.05) is 5.32 Å². The summed E-state index contributed by atoms with van der Waals surface area (Å²) >= 11 is 0. The zero-order valence-electron chi connectivity index (χ0n) is 18.1.